The minimum absolute atomic E-state index is 0. The van der Waals surface area contributed by atoms with Gasteiger partial charge >= 0.3 is 75.0 Å². The Morgan fingerprint density at radius 1 is 1.25 bits per heavy atom. The van der Waals surface area contributed by atoms with Gasteiger partial charge in [-0.1, -0.05) is 0 Å². The van der Waals surface area contributed by atoms with Crippen LogP contribution in [0.3, 0.4) is 0 Å². The molecule has 0 saturated heterocycles. The number of hydrogen-bond acceptors (Lipinski definition) is 0. The molecule has 1 aromatic carbocycles. The number of halogens is 1. The Kier molecular flexibility index (Phi) is 6.06. The fraction of sp³-hybridized carbons (Fsp3) is 0.400. The van der Waals surface area contributed by atoms with Crippen LogP contribution in [0.4, 0.5) is 0 Å². The fourth-order valence-corrected chi connectivity index (χ4v) is 2.38. The Labute approximate surface area is 80.1 Å². The van der Waals surface area contributed by atoms with Gasteiger partial charge in [0.05, 0.1) is 0 Å². The number of rotatable bonds is 3. The third-order valence-corrected chi connectivity index (χ3v) is 3.80. The summed E-state index contributed by atoms with van der Waals surface area (Å²) < 4.78 is 1.59. The number of benzene rings is 1. The van der Waals surface area contributed by atoms with Crippen LogP contribution in [-0.4, -0.2) is 15.2 Å². The van der Waals surface area contributed by atoms with Crippen molar-refractivity contribution in [2.75, 3.05) is 0 Å². The summed E-state index contributed by atoms with van der Waals surface area (Å²) in [6.45, 7) is 4.46. The van der Waals surface area contributed by atoms with E-state index >= 15 is 0 Å². The van der Waals surface area contributed by atoms with E-state index in [0.717, 1.165) is 0 Å². The first-order valence-corrected chi connectivity index (χ1v) is 5.63. The van der Waals surface area contributed by atoms with Gasteiger partial charge in [-0.2, -0.15) is 0 Å². The van der Waals surface area contributed by atoms with Crippen molar-refractivity contribution in [1.82, 2.24) is 0 Å². The zero-order chi connectivity index (χ0) is 8.10. The van der Waals surface area contributed by atoms with Crippen molar-refractivity contribution in [3.05, 3.63) is 29.8 Å². The van der Waals surface area contributed by atoms with Crippen LogP contribution in [0.2, 0.25) is 5.28 Å². The van der Waals surface area contributed by atoms with Crippen LogP contribution in [0.5, 0.6) is 0 Å². The molecule has 0 atom stereocenters. The molecular weight excluding hydrogens is 166 g/mol. The molecule has 0 unspecified atom stereocenters. The van der Waals surface area contributed by atoms with Gasteiger partial charge < -0.3 is 4.70 Å². The molecule has 64 valence electrons. The molecule has 0 radical (unpaired) electrons. The topological polar surface area (TPSA) is 0 Å². The monoisotopic (exact) mass is 180 g/mol. The normalized spacial score (nSPS) is 8.50. The Hall–Kier alpha value is -0.318. The van der Waals surface area contributed by atoms with Crippen molar-refractivity contribution in [2.24, 2.45) is 0 Å². The van der Waals surface area contributed by atoms with E-state index in [9.17, 15) is 0 Å². The predicted molar refractivity (Wildman–Crippen MR) is 51.7 cm³/mol. The molecule has 0 fully saturated rings. The molecule has 0 amide bonds. The summed E-state index contributed by atoms with van der Waals surface area (Å²) in [6.07, 6.45) is 1.32. The molecular formula is C10H14AlF. The van der Waals surface area contributed by atoms with Gasteiger partial charge in [0.1, 0.15) is 0 Å². The van der Waals surface area contributed by atoms with E-state index in [1.165, 1.54) is 17.3 Å². The largest absolute Gasteiger partial charge is 1.00 e. The maximum Gasteiger partial charge on any atom is -1.00 e. The predicted octanol–water partition coefficient (Wildman–Crippen LogP) is -0.843. The fourth-order valence-electron chi connectivity index (χ4n) is 1.12. The van der Waals surface area contributed by atoms with E-state index in [0.29, 0.717) is 15.2 Å². The first-order chi connectivity index (χ1) is 5.34. The Morgan fingerprint density at radius 3 is 2.50 bits per heavy atom. The van der Waals surface area contributed by atoms with Crippen molar-refractivity contribution in [3.63, 3.8) is 0 Å². The summed E-state index contributed by atoms with van der Waals surface area (Å²) in [4.78, 5) is 0. The van der Waals surface area contributed by atoms with Gasteiger partial charge in [0.2, 0.25) is 0 Å². The molecule has 0 aliphatic carbocycles. The Balaban J connectivity index is 0.00000121. The van der Waals surface area contributed by atoms with Gasteiger partial charge in [0.25, 0.3) is 0 Å². The third-order valence-electron chi connectivity index (χ3n) is 1.84. The molecule has 0 aliphatic rings. The summed E-state index contributed by atoms with van der Waals surface area (Å²) in [5.74, 6) is 0. The van der Waals surface area contributed by atoms with Crippen molar-refractivity contribution < 1.29 is 4.70 Å². The Morgan fingerprint density at radius 2 is 1.92 bits per heavy atom. The number of aryl methyl sites for hydroxylation is 1. The first-order valence-electron chi connectivity index (χ1n) is 4.23. The summed E-state index contributed by atoms with van der Waals surface area (Å²) in [5, 5.41) is 1.39. The van der Waals surface area contributed by atoms with E-state index in [4.69, 9.17) is 0 Å². The molecule has 0 spiro atoms. The standard InChI is InChI=1S/C7H7.C3H7.Al.FH/c1-7-5-3-2-4-6-7;1-3-2;;/h2-5H,1H3;1,3H2,2H3;;1H/q;;+1;/p-1. The van der Waals surface area contributed by atoms with E-state index in [1.54, 1.807) is 4.43 Å². The SMILES string of the molecule is CC[CH2][Al+][c]1ccccc1C.[F-]. The Bertz CT molecular complexity index is 223. The van der Waals surface area contributed by atoms with E-state index < -0.39 is 0 Å². The summed E-state index contributed by atoms with van der Waals surface area (Å²) in [6, 6.07) is 8.73. The van der Waals surface area contributed by atoms with Crippen LogP contribution >= 0.6 is 0 Å². The zero-order valence-corrected chi connectivity index (χ0v) is 8.83. The molecule has 1 aromatic rings. The summed E-state index contributed by atoms with van der Waals surface area (Å²) in [5.41, 5.74) is 1.47. The average molecular weight is 180 g/mol. The van der Waals surface area contributed by atoms with Crippen LogP contribution in [0.15, 0.2) is 24.3 Å². The van der Waals surface area contributed by atoms with Crippen molar-refractivity contribution in [3.8, 4) is 0 Å². The molecule has 0 nitrogen and oxygen atoms in total. The molecule has 0 heterocycles. The summed E-state index contributed by atoms with van der Waals surface area (Å²) in [7, 11) is 0. The van der Waals surface area contributed by atoms with E-state index in [2.05, 4.69) is 38.1 Å². The van der Waals surface area contributed by atoms with Crippen LogP contribution in [0.1, 0.15) is 18.9 Å². The van der Waals surface area contributed by atoms with E-state index in [-0.39, 0.29) is 4.70 Å². The van der Waals surface area contributed by atoms with Gasteiger partial charge in [-0.25, -0.2) is 0 Å². The maximum absolute atomic E-state index is 2.26. The van der Waals surface area contributed by atoms with Gasteiger partial charge in [-0.05, 0) is 0 Å². The van der Waals surface area contributed by atoms with Gasteiger partial charge in [0.15, 0.2) is 0 Å². The van der Waals surface area contributed by atoms with Crippen LogP contribution in [0.25, 0.3) is 0 Å². The smallest absolute Gasteiger partial charge is 1.00 e. The molecule has 0 N–H and O–H groups in total. The van der Waals surface area contributed by atoms with Crippen LogP contribution in [0, 0.1) is 6.92 Å². The minimum atomic E-state index is 0. The molecule has 12 heavy (non-hydrogen) atoms. The molecule has 0 aromatic heterocycles. The van der Waals surface area contributed by atoms with Gasteiger partial charge in [-0.3, -0.25) is 0 Å². The third kappa shape index (κ3) is 3.39. The second kappa shape index (κ2) is 6.23. The zero-order valence-electron chi connectivity index (χ0n) is 7.68. The van der Waals surface area contributed by atoms with Crippen LogP contribution in [-0.2, 0) is 0 Å². The molecule has 0 bridgehead atoms. The van der Waals surface area contributed by atoms with Crippen molar-refractivity contribution >= 4 is 19.6 Å². The quantitative estimate of drug-likeness (QED) is 0.532. The molecule has 1 rings (SSSR count). The number of hydrogen-bond donors (Lipinski definition) is 0. The van der Waals surface area contributed by atoms with Gasteiger partial charge in [0, 0.05) is 0 Å². The minimum Gasteiger partial charge on any atom is -1.00 e. The summed E-state index contributed by atoms with van der Waals surface area (Å²) >= 11 is 0.531. The van der Waals surface area contributed by atoms with Crippen molar-refractivity contribution in [1.29, 1.82) is 0 Å². The maximum atomic E-state index is 2.26. The molecule has 0 saturated carbocycles. The van der Waals surface area contributed by atoms with Crippen molar-refractivity contribution in [2.45, 2.75) is 25.6 Å². The second-order valence-electron chi connectivity index (χ2n) is 2.85. The molecule has 0 aliphatic heterocycles. The van der Waals surface area contributed by atoms with Gasteiger partial charge in [-0.15, -0.1) is 0 Å². The first kappa shape index (κ1) is 11.7. The molecule has 2 heteroatoms. The van der Waals surface area contributed by atoms with Crippen LogP contribution < -0.4 is 9.13 Å². The average Bonchev–Trinajstić information content (AvgIpc) is 2.03. The van der Waals surface area contributed by atoms with E-state index in [1.807, 2.05) is 0 Å². The second-order valence-corrected chi connectivity index (χ2v) is 4.46.